The van der Waals surface area contributed by atoms with Crippen LogP contribution in [-0.4, -0.2) is 27.0 Å². The first-order valence-electron chi connectivity index (χ1n) is 7.28. The Morgan fingerprint density at radius 1 is 1.29 bits per heavy atom. The number of rotatable bonds is 3. The van der Waals surface area contributed by atoms with Crippen LogP contribution in [0.2, 0.25) is 0 Å². The first kappa shape index (κ1) is 12.8. The molecule has 6 heteroatoms. The van der Waals surface area contributed by atoms with Crippen molar-refractivity contribution in [1.82, 2.24) is 19.9 Å². The van der Waals surface area contributed by atoms with Gasteiger partial charge in [0.25, 0.3) is 0 Å². The fourth-order valence-corrected chi connectivity index (χ4v) is 4.11. The Morgan fingerprint density at radius 3 is 3.10 bits per heavy atom. The van der Waals surface area contributed by atoms with Gasteiger partial charge in [-0.3, -0.25) is 0 Å². The standard InChI is InChI=1S/C15H17N5S/c1-20(15-14-11(6-7-16-14)17-9-18-15)8-13-19-10-4-2-3-5-12(10)21-13/h6-7,9,16H,2-5,8H2,1H3. The molecule has 0 radical (unpaired) electrons. The molecule has 0 aliphatic heterocycles. The van der Waals surface area contributed by atoms with Crippen molar-refractivity contribution in [2.24, 2.45) is 0 Å². The monoisotopic (exact) mass is 299 g/mol. The molecule has 3 aromatic heterocycles. The topological polar surface area (TPSA) is 57.7 Å². The average Bonchev–Trinajstić information content (AvgIpc) is 3.12. The normalized spacial score (nSPS) is 14.3. The zero-order valence-corrected chi connectivity index (χ0v) is 12.8. The third-order valence-electron chi connectivity index (χ3n) is 3.95. The lowest BCUT2D eigenvalue weighted by atomic mass is 10.0. The van der Waals surface area contributed by atoms with E-state index in [-0.39, 0.29) is 0 Å². The SMILES string of the molecule is CN(Cc1nc2c(s1)CCCC2)c1ncnc2cc[nH]c12. The lowest BCUT2D eigenvalue weighted by molar-refractivity contribution is 0.680. The molecule has 5 nitrogen and oxygen atoms in total. The van der Waals surface area contributed by atoms with Crippen molar-refractivity contribution < 1.29 is 0 Å². The third-order valence-corrected chi connectivity index (χ3v) is 5.09. The van der Waals surface area contributed by atoms with Gasteiger partial charge in [-0.05, 0) is 31.7 Å². The van der Waals surface area contributed by atoms with E-state index in [0.29, 0.717) is 0 Å². The molecule has 1 aliphatic carbocycles. The minimum Gasteiger partial charge on any atom is -0.357 e. The largest absolute Gasteiger partial charge is 0.357 e. The number of H-pyrrole nitrogens is 1. The van der Waals surface area contributed by atoms with Crippen molar-refractivity contribution in [3.63, 3.8) is 0 Å². The molecule has 0 saturated carbocycles. The van der Waals surface area contributed by atoms with Crippen LogP contribution in [0.4, 0.5) is 5.82 Å². The maximum atomic E-state index is 4.81. The molecule has 1 aliphatic rings. The van der Waals surface area contributed by atoms with Crippen molar-refractivity contribution in [3.05, 3.63) is 34.2 Å². The number of nitrogens with zero attached hydrogens (tertiary/aromatic N) is 4. The highest BCUT2D eigenvalue weighted by atomic mass is 32.1. The molecule has 21 heavy (non-hydrogen) atoms. The summed E-state index contributed by atoms with van der Waals surface area (Å²) in [4.78, 5) is 20.3. The molecule has 1 N–H and O–H groups in total. The van der Waals surface area contributed by atoms with E-state index in [1.165, 1.54) is 34.8 Å². The Bertz CT molecular complexity index is 752. The minimum atomic E-state index is 0.794. The number of fused-ring (bicyclic) bond motifs is 2. The molecule has 0 spiro atoms. The summed E-state index contributed by atoms with van der Waals surface area (Å²) in [5.74, 6) is 0.929. The number of hydrogen-bond donors (Lipinski definition) is 1. The molecular weight excluding hydrogens is 282 g/mol. The predicted molar refractivity (Wildman–Crippen MR) is 84.8 cm³/mol. The molecule has 3 aromatic rings. The van der Waals surface area contributed by atoms with E-state index in [1.807, 2.05) is 23.6 Å². The molecule has 108 valence electrons. The number of thiazole rings is 1. The summed E-state index contributed by atoms with van der Waals surface area (Å²) < 4.78 is 0. The Kier molecular flexibility index (Phi) is 3.11. The summed E-state index contributed by atoms with van der Waals surface area (Å²) in [5, 5.41) is 1.18. The highest BCUT2D eigenvalue weighted by molar-refractivity contribution is 7.11. The first-order valence-corrected chi connectivity index (χ1v) is 8.09. The summed E-state index contributed by atoms with van der Waals surface area (Å²) in [6, 6.07) is 1.97. The highest BCUT2D eigenvalue weighted by Crippen LogP contribution is 2.28. The molecule has 0 fully saturated rings. The van der Waals surface area contributed by atoms with E-state index < -0.39 is 0 Å². The molecule has 0 bridgehead atoms. The molecular formula is C15H17N5S. The average molecular weight is 299 g/mol. The van der Waals surface area contributed by atoms with Crippen molar-refractivity contribution in [2.75, 3.05) is 11.9 Å². The van der Waals surface area contributed by atoms with Crippen LogP contribution in [0.25, 0.3) is 11.0 Å². The molecule has 4 rings (SSSR count). The van der Waals surface area contributed by atoms with E-state index in [9.17, 15) is 0 Å². The van der Waals surface area contributed by atoms with Crippen molar-refractivity contribution in [1.29, 1.82) is 0 Å². The van der Waals surface area contributed by atoms with Crippen molar-refractivity contribution >= 4 is 28.2 Å². The quantitative estimate of drug-likeness (QED) is 0.808. The van der Waals surface area contributed by atoms with Gasteiger partial charge in [-0.1, -0.05) is 0 Å². The van der Waals surface area contributed by atoms with Gasteiger partial charge in [0.05, 0.1) is 17.8 Å². The van der Waals surface area contributed by atoms with Crippen LogP contribution in [0, 0.1) is 0 Å². The van der Waals surface area contributed by atoms with E-state index in [2.05, 4.69) is 26.9 Å². The van der Waals surface area contributed by atoms with Gasteiger partial charge in [0.15, 0.2) is 5.82 Å². The Morgan fingerprint density at radius 2 is 2.19 bits per heavy atom. The number of aromatic amines is 1. The van der Waals surface area contributed by atoms with Crippen LogP contribution in [0.15, 0.2) is 18.6 Å². The maximum absolute atomic E-state index is 4.81. The highest BCUT2D eigenvalue weighted by Gasteiger charge is 2.17. The van der Waals surface area contributed by atoms with Crippen molar-refractivity contribution in [3.8, 4) is 0 Å². The second-order valence-corrected chi connectivity index (χ2v) is 6.64. The van der Waals surface area contributed by atoms with Crippen LogP contribution in [-0.2, 0) is 19.4 Å². The number of aryl methyl sites for hydroxylation is 2. The van der Waals surface area contributed by atoms with Crippen LogP contribution in [0.3, 0.4) is 0 Å². The lowest BCUT2D eigenvalue weighted by Crippen LogP contribution is -2.18. The Balaban J connectivity index is 1.62. The fraction of sp³-hybridized carbons (Fsp3) is 0.400. The molecule has 0 unspecified atom stereocenters. The second-order valence-electron chi connectivity index (χ2n) is 5.48. The van der Waals surface area contributed by atoms with Crippen LogP contribution >= 0.6 is 11.3 Å². The Hall–Kier alpha value is -1.95. The fourth-order valence-electron chi connectivity index (χ4n) is 2.90. The Labute approximate surface area is 127 Å². The predicted octanol–water partition coefficient (Wildman–Crippen LogP) is 2.93. The summed E-state index contributed by atoms with van der Waals surface area (Å²) in [5.41, 5.74) is 3.26. The summed E-state index contributed by atoms with van der Waals surface area (Å²) >= 11 is 1.86. The van der Waals surface area contributed by atoms with E-state index in [4.69, 9.17) is 4.98 Å². The number of anilines is 1. The summed E-state index contributed by atoms with van der Waals surface area (Å²) in [6.45, 7) is 0.794. The smallest absolute Gasteiger partial charge is 0.156 e. The molecule has 0 amide bonds. The summed E-state index contributed by atoms with van der Waals surface area (Å²) in [6.07, 6.45) is 8.45. The van der Waals surface area contributed by atoms with E-state index in [1.54, 1.807) is 6.33 Å². The van der Waals surface area contributed by atoms with Gasteiger partial charge < -0.3 is 9.88 Å². The number of aromatic nitrogens is 4. The number of hydrogen-bond acceptors (Lipinski definition) is 5. The van der Waals surface area contributed by atoms with Gasteiger partial charge in [0.1, 0.15) is 16.9 Å². The second kappa shape index (κ2) is 5.11. The van der Waals surface area contributed by atoms with Gasteiger partial charge in [-0.15, -0.1) is 11.3 Å². The molecule has 0 aromatic carbocycles. The van der Waals surface area contributed by atoms with Crippen molar-refractivity contribution in [2.45, 2.75) is 32.2 Å². The third kappa shape index (κ3) is 2.29. The number of nitrogens with one attached hydrogen (secondary N) is 1. The van der Waals surface area contributed by atoms with Crippen LogP contribution in [0.1, 0.15) is 28.4 Å². The van der Waals surface area contributed by atoms with Gasteiger partial charge in [-0.25, -0.2) is 15.0 Å². The zero-order chi connectivity index (χ0) is 14.2. The van der Waals surface area contributed by atoms with Crippen LogP contribution < -0.4 is 4.90 Å². The van der Waals surface area contributed by atoms with Gasteiger partial charge >= 0.3 is 0 Å². The van der Waals surface area contributed by atoms with E-state index >= 15 is 0 Å². The maximum Gasteiger partial charge on any atom is 0.156 e. The zero-order valence-electron chi connectivity index (χ0n) is 12.0. The summed E-state index contributed by atoms with van der Waals surface area (Å²) in [7, 11) is 2.06. The van der Waals surface area contributed by atoms with Gasteiger partial charge in [0, 0.05) is 18.1 Å². The minimum absolute atomic E-state index is 0.794. The van der Waals surface area contributed by atoms with E-state index in [0.717, 1.165) is 29.8 Å². The first-order chi connectivity index (χ1) is 10.3. The van der Waals surface area contributed by atoms with Crippen LogP contribution in [0.5, 0.6) is 0 Å². The molecule has 0 saturated heterocycles. The van der Waals surface area contributed by atoms with Gasteiger partial charge in [-0.2, -0.15) is 0 Å². The van der Waals surface area contributed by atoms with Gasteiger partial charge in [0.2, 0.25) is 0 Å². The molecule has 3 heterocycles. The molecule has 0 atom stereocenters. The lowest BCUT2D eigenvalue weighted by Gasteiger charge is -2.16.